The molecule has 2 rings (SSSR count). The highest BCUT2D eigenvalue weighted by atomic mass is 35.5. The Morgan fingerprint density at radius 3 is 2.78 bits per heavy atom. The van der Waals surface area contributed by atoms with Crippen molar-refractivity contribution in [2.45, 2.75) is 39.2 Å². The summed E-state index contributed by atoms with van der Waals surface area (Å²) in [5.41, 5.74) is 2.53. The van der Waals surface area contributed by atoms with Crippen LogP contribution in [0.4, 0.5) is 5.69 Å². The number of benzene rings is 1. The van der Waals surface area contributed by atoms with Crippen molar-refractivity contribution in [3.05, 3.63) is 28.8 Å². The predicted molar refractivity (Wildman–Crippen MR) is 79.7 cm³/mol. The molecule has 100 valence electrons. The Labute approximate surface area is 115 Å². The molecule has 1 aromatic rings. The minimum Gasteiger partial charge on any atom is -0.370 e. The van der Waals surface area contributed by atoms with Gasteiger partial charge in [-0.15, -0.1) is 0 Å². The van der Waals surface area contributed by atoms with Crippen molar-refractivity contribution in [2.24, 2.45) is 0 Å². The molecule has 0 aromatic heterocycles. The molecule has 1 N–H and O–H groups in total. The highest BCUT2D eigenvalue weighted by Crippen LogP contribution is 2.25. The van der Waals surface area contributed by atoms with E-state index in [-0.39, 0.29) is 5.54 Å². The van der Waals surface area contributed by atoms with E-state index in [1.165, 1.54) is 18.5 Å². The number of hydrogen-bond donors (Lipinski definition) is 1. The molecule has 0 radical (unpaired) electrons. The summed E-state index contributed by atoms with van der Waals surface area (Å²) in [6.45, 7) is 9.83. The number of nitrogens with zero attached hydrogens (tertiary/aromatic N) is 1. The first-order valence-corrected chi connectivity index (χ1v) is 7.12. The molecule has 0 atom stereocenters. The zero-order valence-corrected chi connectivity index (χ0v) is 12.3. The van der Waals surface area contributed by atoms with Gasteiger partial charge in [0.15, 0.2) is 0 Å². The lowest BCUT2D eigenvalue weighted by Crippen LogP contribution is -2.51. The Morgan fingerprint density at radius 1 is 1.28 bits per heavy atom. The summed E-state index contributed by atoms with van der Waals surface area (Å²) in [5, 5.41) is 4.47. The van der Waals surface area contributed by atoms with E-state index in [1.54, 1.807) is 0 Å². The molecular formula is C15H23ClN2. The average Bonchev–Trinajstić information content (AvgIpc) is 2.28. The zero-order valence-electron chi connectivity index (χ0n) is 11.6. The Morgan fingerprint density at radius 2 is 2.06 bits per heavy atom. The van der Waals surface area contributed by atoms with Crippen molar-refractivity contribution in [3.8, 4) is 0 Å². The molecule has 1 aliphatic heterocycles. The van der Waals surface area contributed by atoms with E-state index >= 15 is 0 Å². The van der Waals surface area contributed by atoms with Crippen LogP contribution in [0.1, 0.15) is 32.3 Å². The third-order valence-corrected chi connectivity index (χ3v) is 3.97. The number of hydrogen-bond acceptors (Lipinski definition) is 2. The van der Waals surface area contributed by atoms with Gasteiger partial charge >= 0.3 is 0 Å². The smallest absolute Gasteiger partial charge is 0.0455 e. The molecule has 2 nitrogen and oxygen atoms in total. The molecule has 0 saturated carbocycles. The Bertz CT molecular complexity index is 415. The van der Waals surface area contributed by atoms with Crippen LogP contribution in [0.3, 0.4) is 0 Å². The lowest BCUT2D eigenvalue weighted by molar-refractivity contribution is 0.364. The SMILES string of the molecule is Cc1ccc(N2CCCCNC(C)(C)C2)cc1Cl. The van der Waals surface area contributed by atoms with E-state index in [9.17, 15) is 0 Å². The van der Waals surface area contributed by atoms with Crippen LogP contribution in [0.25, 0.3) is 0 Å². The standard InChI is InChI=1S/C15H23ClN2/c1-12-6-7-13(10-14(12)16)18-9-5-4-8-17-15(2,3)11-18/h6-7,10,17H,4-5,8-9,11H2,1-3H3. The van der Waals surface area contributed by atoms with Gasteiger partial charge in [-0.1, -0.05) is 17.7 Å². The van der Waals surface area contributed by atoms with Crippen molar-refractivity contribution < 1.29 is 0 Å². The van der Waals surface area contributed by atoms with Crippen molar-refractivity contribution in [1.82, 2.24) is 5.32 Å². The summed E-state index contributed by atoms with van der Waals surface area (Å²) in [5.74, 6) is 0. The second-order valence-corrected chi connectivity index (χ2v) is 6.28. The van der Waals surface area contributed by atoms with Crippen LogP contribution < -0.4 is 10.2 Å². The summed E-state index contributed by atoms with van der Waals surface area (Å²) >= 11 is 6.23. The predicted octanol–water partition coefficient (Wildman–Crippen LogP) is 3.62. The van der Waals surface area contributed by atoms with E-state index in [1.807, 2.05) is 6.92 Å². The van der Waals surface area contributed by atoms with Crippen molar-refractivity contribution in [3.63, 3.8) is 0 Å². The summed E-state index contributed by atoms with van der Waals surface area (Å²) in [6, 6.07) is 6.38. The summed E-state index contributed by atoms with van der Waals surface area (Å²) in [4.78, 5) is 2.44. The number of nitrogens with one attached hydrogen (secondary N) is 1. The van der Waals surface area contributed by atoms with Gasteiger partial charge in [0.25, 0.3) is 0 Å². The maximum atomic E-state index is 6.23. The molecule has 1 heterocycles. The minimum absolute atomic E-state index is 0.151. The van der Waals surface area contributed by atoms with Crippen LogP contribution in [0.15, 0.2) is 18.2 Å². The second-order valence-electron chi connectivity index (χ2n) is 5.87. The van der Waals surface area contributed by atoms with Crippen LogP contribution >= 0.6 is 11.6 Å². The fraction of sp³-hybridized carbons (Fsp3) is 0.600. The van der Waals surface area contributed by atoms with E-state index in [0.29, 0.717) is 0 Å². The lowest BCUT2D eigenvalue weighted by atomic mass is 10.0. The monoisotopic (exact) mass is 266 g/mol. The molecule has 0 spiro atoms. The van der Waals surface area contributed by atoms with E-state index in [4.69, 9.17) is 11.6 Å². The van der Waals surface area contributed by atoms with Gasteiger partial charge < -0.3 is 10.2 Å². The molecule has 3 heteroatoms. The fourth-order valence-electron chi connectivity index (χ4n) is 2.47. The zero-order chi connectivity index (χ0) is 13.2. The van der Waals surface area contributed by atoms with Gasteiger partial charge in [-0.05, 0) is 57.9 Å². The quantitative estimate of drug-likeness (QED) is 0.835. The third-order valence-electron chi connectivity index (χ3n) is 3.57. The topological polar surface area (TPSA) is 15.3 Å². The van der Waals surface area contributed by atoms with Crippen LogP contribution in [0.2, 0.25) is 5.02 Å². The number of aryl methyl sites for hydroxylation is 1. The van der Waals surface area contributed by atoms with Crippen LogP contribution in [-0.2, 0) is 0 Å². The van der Waals surface area contributed by atoms with Gasteiger partial charge in [0.2, 0.25) is 0 Å². The second kappa shape index (κ2) is 5.50. The normalized spacial score (nSPS) is 20.3. The van der Waals surface area contributed by atoms with E-state index < -0.39 is 0 Å². The Hall–Kier alpha value is -0.730. The van der Waals surface area contributed by atoms with Gasteiger partial charge in [0.1, 0.15) is 0 Å². The molecule has 0 unspecified atom stereocenters. The third kappa shape index (κ3) is 3.39. The van der Waals surface area contributed by atoms with Crippen molar-refractivity contribution >= 4 is 17.3 Å². The minimum atomic E-state index is 0.151. The van der Waals surface area contributed by atoms with Crippen molar-refractivity contribution in [1.29, 1.82) is 0 Å². The molecule has 1 saturated heterocycles. The Balaban J connectivity index is 2.20. The van der Waals surface area contributed by atoms with Gasteiger partial charge in [0.05, 0.1) is 0 Å². The fourth-order valence-corrected chi connectivity index (χ4v) is 2.64. The van der Waals surface area contributed by atoms with Gasteiger partial charge in [0, 0.05) is 29.3 Å². The largest absolute Gasteiger partial charge is 0.370 e. The Kier molecular flexibility index (Phi) is 4.18. The molecule has 1 fully saturated rings. The highest BCUT2D eigenvalue weighted by Gasteiger charge is 2.23. The first-order chi connectivity index (χ1) is 8.48. The summed E-state index contributed by atoms with van der Waals surface area (Å²) in [7, 11) is 0. The number of rotatable bonds is 1. The molecule has 0 bridgehead atoms. The maximum Gasteiger partial charge on any atom is 0.0455 e. The molecule has 1 aliphatic rings. The first kappa shape index (κ1) is 13.7. The summed E-state index contributed by atoms with van der Waals surface area (Å²) < 4.78 is 0. The van der Waals surface area contributed by atoms with E-state index in [2.05, 4.69) is 42.3 Å². The van der Waals surface area contributed by atoms with Crippen LogP contribution in [0, 0.1) is 6.92 Å². The molecule has 18 heavy (non-hydrogen) atoms. The van der Waals surface area contributed by atoms with Crippen LogP contribution in [0.5, 0.6) is 0 Å². The van der Waals surface area contributed by atoms with E-state index in [0.717, 1.165) is 30.2 Å². The first-order valence-electron chi connectivity index (χ1n) is 6.74. The van der Waals surface area contributed by atoms with Crippen LogP contribution in [-0.4, -0.2) is 25.2 Å². The molecule has 0 amide bonds. The molecule has 1 aromatic carbocycles. The number of halogens is 1. The average molecular weight is 267 g/mol. The highest BCUT2D eigenvalue weighted by molar-refractivity contribution is 6.31. The maximum absolute atomic E-state index is 6.23. The van der Waals surface area contributed by atoms with Gasteiger partial charge in [-0.25, -0.2) is 0 Å². The lowest BCUT2D eigenvalue weighted by Gasteiger charge is -2.37. The summed E-state index contributed by atoms with van der Waals surface area (Å²) in [6.07, 6.45) is 2.47. The van der Waals surface area contributed by atoms with Gasteiger partial charge in [-0.3, -0.25) is 0 Å². The molecular weight excluding hydrogens is 244 g/mol. The van der Waals surface area contributed by atoms with Gasteiger partial charge in [-0.2, -0.15) is 0 Å². The molecule has 0 aliphatic carbocycles. The number of anilines is 1. The van der Waals surface area contributed by atoms with Crippen molar-refractivity contribution in [2.75, 3.05) is 24.5 Å².